The Morgan fingerprint density at radius 1 is 1.03 bits per heavy atom. The number of nitrogens with zero attached hydrogens (tertiary/aromatic N) is 3. The highest BCUT2D eigenvalue weighted by Crippen LogP contribution is 2.29. The second kappa shape index (κ2) is 8.61. The molecular formula is C24H21N3O3. The van der Waals surface area contributed by atoms with Gasteiger partial charge in [-0.3, -0.25) is 9.79 Å². The van der Waals surface area contributed by atoms with Crippen LogP contribution in [0.3, 0.4) is 0 Å². The van der Waals surface area contributed by atoms with Crippen molar-refractivity contribution in [2.45, 2.75) is 13.3 Å². The van der Waals surface area contributed by atoms with Gasteiger partial charge in [-0.25, -0.2) is 9.55 Å². The van der Waals surface area contributed by atoms with Crippen molar-refractivity contribution in [1.29, 1.82) is 0 Å². The van der Waals surface area contributed by atoms with E-state index >= 15 is 0 Å². The first kappa shape index (κ1) is 19.4. The molecule has 0 aliphatic carbocycles. The van der Waals surface area contributed by atoms with Crippen molar-refractivity contribution < 1.29 is 9.84 Å². The molecule has 2 aromatic heterocycles. The lowest BCUT2D eigenvalue weighted by Crippen LogP contribution is -2.20. The second-order valence-corrected chi connectivity index (χ2v) is 6.69. The molecule has 0 bridgehead atoms. The molecule has 30 heavy (non-hydrogen) atoms. The molecule has 0 saturated heterocycles. The van der Waals surface area contributed by atoms with E-state index < -0.39 is 0 Å². The van der Waals surface area contributed by atoms with Gasteiger partial charge in [0, 0.05) is 23.2 Å². The molecule has 6 nitrogen and oxygen atoms in total. The van der Waals surface area contributed by atoms with Gasteiger partial charge in [0.05, 0.1) is 12.2 Å². The van der Waals surface area contributed by atoms with Gasteiger partial charge in [0.1, 0.15) is 17.3 Å². The number of fused-ring (bicyclic) bond motifs is 1. The van der Waals surface area contributed by atoms with Gasteiger partial charge in [-0.2, -0.15) is 0 Å². The van der Waals surface area contributed by atoms with Crippen LogP contribution in [0.25, 0.3) is 16.6 Å². The van der Waals surface area contributed by atoms with Crippen LogP contribution in [0.2, 0.25) is 0 Å². The van der Waals surface area contributed by atoms with Crippen molar-refractivity contribution in [2.24, 2.45) is 4.99 Å². The summed E-state index contributed by atoms with van der Waals surface area (Å²) in [6.45, 7) is 2.63. The van der Waals surface area contributed by atoms with Gasteiger partial charge in [-0.05, 0) is 36.8 Å². The first-order valence-electron chi connectivity index (χ1n) is 9.74. The van der Waals surface area contributed by atoms with Crippen molar-refractivity contribution in [3.63, 3.8) is 0 Å². The number of pyridine rings is 2. The fourth-order valence-corrected chi connectivity index (χ4v) is 3.22. The molecule has 0 radical (unpaired) electrons. The smallest absolute Gasteiger partial charge is 0.267 e. The van der Waals surface area contributed by atoms with Gasteiger partial charge in [-0.15, -0.1) is 0 Å². The number of rotatable bonds is 6. The predicted octanol–water partition coefficient (Wildman–Crippen LogP) is 4.63. The van der Waals surface area contributed by atoms with Crippen molar-refractivity contribution in [2.75, 3.05) is 6.61 Å². The van der Waals surface area contributed by atoms with Crippen molar-refractivity contribution >= 4 is 22.7 Å². The van der Waals surface area contributed by atoms with Crippen molar-refractivity contribution in [3.8, 4) is 17.4 Å². The summed E-state index contributed by atoms with van der Waals surface area (Å²) < 4.78 is 6.96. The molecule has 0 unspecified atom stereocenters. The molecule has 4 rings (SSSR count). The van der Waals surface area contributed by atoms with E-state index in [2.05, 4.69) is 9.98 Å². The molecule has 4 aromatic rings. The average Bonchev–Trinajstić information content (AvgIpc) is 2.79. The Bertz CT molecular complexity index is 1260. The third-order valence-corrected chi connectivity index (χ3v) is 4.64. The summed E-state index contributed by atoms with van der Waals surface area (Å²) in [5.41, 5.74) is 0.733. The number of aliphatic imine (C=N–C) groups is 1. The fraction of sp³-hybridized carbons (Fsp3) is 0.125. The third-order valence-electron chi connectivity index (χ3n) is 4.64. The van der Waals surface area contributed by atoms with Crippen LogP contribution in [-0.2, 0) is 0 Å². The van der Waals surface area contributed by atoms with Gasteiger partial charge >= 0.3 is 0 Å². The summed E-state index contributed by atoms with van der Waals surface area (Å²) in [6, 6.07) is 19.8. The number of ether oxygens (including phenoxy) is 1. The van der Waals surface area contributed by atoms with E-state index in [1.807, 2.05) is 37.3 Å². The summed E-state index contributed by atoms with van der Waals surface area (Å²) >= 11 is 0. The maximum Gasteiger partial charge on any atom is 0.267 e. The maximum absolute atomic E-state index is 13.0. The Hall–Kier alpha value is -3.93. The summed E-state index contributed by atoms with van der Waals surface area (Å²) in [7, 11) is 0. The first-order valence-corrected chi connectivity index (χ1v) is 9.74. The van der Waals surface area contributed by atoms with Crippen molar-refractivity contribution in [1.82, 2.24) is 9.55 Å². The zero-order valence-electron chi connectivity index (χ0n) is 16.5. The number of benzene rings is 2. The van der Waals surface area contributed by atoms with Crippen LogP contribution in [-0.4, -0.2) is 27.5 Å². The first-order chi connectivity index (χ1) is 14.7. The van der Waals surface area contributed by atoms with Crippen LogP contribution in [0.4, 0.5) is 5.69 Å². The minimum absolute atomic E-state index is 0.215. The topological polar surface area (TPSA) is 76.7 Å². The Morgan fingerprint density at radius 3 is 2.53 bits per heavy atom. The molecule has 0 aliphatic heterocycles. The molecule has 0 amide bonds. The Labute approximate surface area is 173 Å². The summed E-state index contributed by atoms with van der Waals surface area (Å²) in [5.74, 6) is 0.789. The van der Waals surface area contributed by atoms with Gasteiger partial charge in [-0.1, -0.05) is 43.3 Å². The van der Waals surface area contributed by atoms with Gasteiger partial charge in [0.15, 0.2) is 0 Å². The lowest BCUT2D eigenvalue weighted by atomic mass is 10.1. The zero-order valence-corrected chi connectivity index (χ0v) is 16.5. The number of aromatic nitrogens is 2. The zero-order chi connectivity index (χ0) is 20.9. The van der Waals surface area contributed by atoms with E-state index in [0.29, 0.717) is 40.2 Å². The van der Waals surface area contributed by atoms with Gasteiger partial charge in [0.2, 0.25) is 5.88 Å². The van der Waals surface area contributed by atoms with E-state index in [9.17, 15) is 9.90 Å². The molecule has 0 atom stereocenters. The summed E-state index contributed by atoms with van der Waals surface area (Å²) in [6.07, 6.45) is 4.02. The maximum atomic E-state index is 13.0. The van der Waals surface area contributed by atoms with Crippen LogP contribution in [0.1, 0.15) is 18.9 Å². The molecule has 0 saturated carbocycles. The molecule has 2 aromatic carbocycles. The molecule has 1 N–H and O–H groups in total. The van der Waals surface area contributed by atoms with Crippen LogP contribution in [0.5, 0.6) is 11.6 Å². The highest BCUT2D eigenvalue weighted by Gasteiger charge is 2.16. The summed E-state index contributed by atoms with van der Waals surface area (Å²) in [5, 5.41) is 12.1. The van der Waals surface area contributed by atoms with E-state index in [1.54, 1.807) is 48.8 Å². The Morgan fingerprint density at radius 2 is 1.77 bits per heavy atom. The monoisotopic (exact) mass is 399 g/mol. The van der Waals surface area contributed by atoms with Crippen LogP contribution in [0.15, 0.2) is 82.7 Å². The van der Waals surface area contributed by atoms with Gasteiger partial charge < -0.3 is 9.84 Å². The summed E-state index contributed by atoms with van der Waals surface area (Å²) in [4.78, 5) is 21.8. The quantitative estimate of drug-likeness (QED) is 0.480. The van der Waals surface area contributed by atoms with E-state index in [-0.39, 0.29) is 11.4 Å². The lowest BCUT2D eigenvalue weighted by Gasteiger charge is -2.13. The number of aromatic hydroxyl groups is 1. The highest BCUT2D eigenvalue weighted by molar-refractivity contribution is 6.02. The largest absolute Gasteiger partial charge is 0.494 e. The fourth-order valence-electron chi connectivity index (χ4n) is 3.22. The molecule has 150 valence electrons. The number of hydrogen-bond donors (Lipinski definition) is 1. The SMILES string of the molecule is CCCOc1ccccc1N=Cc1c(O)n(-c2ccccn2)c(=O)c2ccccc12. The molecular weight excluding hydrogens is 378 g/mol. The van der Waals surface area contributed by atoms with Crippen molar-refractivity contribution in [3.05, 3.63) is 88.8 Å². The van der Waals surface area contributed by atoms with E-state index in [0.717, 1.165) is 6.42 Å². The van der Waals surface area contributed by atoms with E-state index in [4.69, 9.17) is 4.74 Å². The second-order valence-electron chi connectivity index (χ2n) is 6.69. The Kier molecular flexibility index (Phi) is 5.57. The molecule has 0 fully saturated rings. The van der Waals surface area contributed by atoms with E-state index in [1.165, 1.54) is 4.57 Å². The van der Waals surface area contributed by atoms with Crippen LogP contribution < -0.4 is 10.3 Å². The van der Waals surface area contributed by atoms with Gasteiger partial charge in [0.25, 0.3) is 5.56 Å². The Balaban J connectivity index is 1.90. The molecule has 2 heterocycles. The minimum Gasteiger partial charge on any atom is -0.494 e. The number of hydrogen-bond acceptors (Lipinski definition) is 5. The predicted molar refractivity (Wildman–Crippen MR) is 118 cm³/mol. The van der Waals surface area contributed by atoms with Crippen LogP contribution in [0, 0.1) is 0 Å². The normalized spacial score (nSPS) is 11.2. The number of para-hydroxylation sites is 2. The highest BCUT2D eigenvalue weighted by atomic mass is 16.5. The third kappa shape index (κ3) is 3.67. The average molecular weight is 399 g/mol. The standard InChI is InChI=1S/C24H21N3O3/c1-2-15-30-21-12-6-5-11-20(21)26-16-19-17-9-3-4-10-18(17)23(28)27(24(19)29)22-13-7-8-14-25-22/h3-14,16,29H,2,15H2,1H3. The lowest BCUT2D eigenvalue weighted by molar-refractivity contribution is 0.318. The molecule has 0 spiro atoms. The molecule has 6 heteroatoms. The minimum atomic E-state index is -0.342. The molecule has 0 aliphatic rings. The van der Waals surface area contributed by atoms with Crippen LogP contribution >= 0.6 is 0 Å².